The van der Waals surface area contributed by atoms with E-state index in [4.69, 9.17) is 4.98 Å². The van der Waals surface area contributed by atoms with Gasteiger partial charge in [0, 0.05) is 31.1 Å². The van der Waals surface area contributed by atoms with E-state index in [1.165, 1.54) is 10.6 Å². The minimum atomic E-state index is 0.148. The normalized spacial score (nSPS) is 13.7. The van der Waals surface area contributed by atoms with E-state index in [0.717, 1.165) is 18.1 Å². The summed E-state index contributed by atoms with van der Waals surface area (Å²) in [7, 11) is 4.11. The van der Waals surface area contributed by atoms with Gasteiger partial charge in [0.1, 0.15) is 0 Å². The number of nitrogens with one attached hydrogen (secondary N) is 1. The quantitative estimate of drug-likeness (QED) is 0.885. The van der Waals surface area contributed by atoms with Crippen molar-refractivity contribution >= 4 is 16.5 Å². The zero-order valence-electron chi connectivity index (χ0n) is 12.8. The molecule has 0 aromatic carbocycles. The lowest BCUT2D eigenvalue weighted by Crippen LogP contribution is -2.35. The molecule has 104 valence electrons. The van der Waals surface area contributed by atoms with Gasteiger partial charge in [-0.2, -0.15) is 0 Å². The van der Waals surface area contributed by atoms with Gasteiger partial charge in [-0.25, -0.2) is 4.98 Å². The summed E-state index contributed by atoms with van der Waals surface area (Å²) in [6.07, 6.45) is 1.14. The van der Waals surface area contributed by atoms with Gasteiger partial charge in [-0.3, -0.25) is 0 Å². The third-order valence-electron chi connectivity index (χ3n) is 2.96. The van der Waals surface area contributed by atoms with Crippen LogP contribution in [-0.4, -0.2) is 24.6 Å². The van der Waals surface area contributed by atoms with Crippen molar-refractivity contribution in [3.63, 3.8) is 0 Å². The summed E-state index contributed by atoms with van der Waals surface area (Å²) in [6, 6.07) is 0. The predicted molar refractivity (Wildman–Crippen MR) is 81.7 cm³/mol. The van der Waals surface area contributed by atoms with Crippen LogP contribution in [0.25, 0.3) is 0 Å². The smallest absolute Gasteiger partial charge is 0.185 e. The number of hydrogen-bond donors (Lipinski definition) is 1. The number of hydrogen-bond acceptors (Lipinski definition) is 4. The van der Waals surface area contributed by atoms with Gasteiger partial charge in [0.2, 0.25) is 0 Å². The van der Waals surface area contributed by atoms with E-state index in [9.17, 15) is 0 Å². The highest BCUT2D eigenvalue weighted by Gasteiger charge is 2.18. The van der Waals surface area contributed by atoms with E-state index in [-0.39, 0.29) is 5.54 Å². The fourth-order valence-electron chi connectivity index (χ4n) is 1.59. The van der Waals surface area contributed by atoms with Crippen LogP contribution in [0.1, 0.15) is 57.5 Å². The molecule has 1 heterocycles. The molecule has 0 aliphatic heterocycles. The molecular formula is C14H27N3S. The first-order valence-corrected chi connectivity index (χ1v) is 7.48. The fraction of sp³-hybridized carbons (Fsp3) is 0.786. The molecule has 1 rings (SSSR count). The van der Waals surface area contributed by atoms with Crippen molar-refractivity contribution in [2.75, 3.05) is 19.0 Å². The summed E-state index contributed by atoms with van der Waals surface area (Å²) < 4.78 is 0. The van der Waals surface area contributed by atoms with Crippen molar-refractivity contribution in [3.8, 4) is 0 Å². The molecule has 0 bridgehead atoms. The van der Waals surface area contributed by atoms with E-state index in [0.29, 0.717) is 5.92 Å². The molecule has 0 aliphatic carbocycles. The maximum absolute atomic E-state index is 4.79. The van der Waals surface area contributed by atoms with Gasteiger partial charge in [0.25, 0.3) is 0 Å². The van der Waals surface area contributed by atoms with Crippen molar-refractivity contribution in [3.05, 3.63) is 10.6 Å². The van der Waals surface area contributed by atoms with Crippen LogP contribution in [0.2, 0.25) is 0 Å². The average Bonchev–Trinajstić information content (AvgIpc) is 2.68. The summed E-state index contributed by atoms with van der Waals surface area (Å²) in [5.41, 5.74) is 1.41. The minimum Gasteiger partial charge on any atom is -0.354 e. The van der Waals surface area contributed by atoms with Crippen LogP contribution in [0.3, 0.4) is 0 Å². The minimum absolute atomic E-state index is 0.148. The van der Waals surface area contributed by atoms with Gasteiger partial charge in [-0.15, -0.1) is 11.3 Å². The van der Waals surface area contributed by atoms with E-state index >= 15 is 0 Å². The molecule has 0 saturated heterocycles. The van der Waals surface area contributed by atoms with Crippen molar-refractivity contribution in [2.24, 2.45) is 0 Å². The summed E-state index contributed by atoms with van der Waals surface area (Å²) in [5, 5.41) is 4.67. The third-order valence-corrected chi connectivity index (χ3v) is 4.20. The van der Waals surface area contributed by atoms with E-state index in [1.807, 2.05) is 0 Å². The Labute approximate surface area is 116 Å². The van der Waals surface area contributed by atoms with Crippen LogP contribution >= 0.6 is 11.3 Å². The van der Waals surface area contributed by atoms with Gasteiger partial charge in [-0.1, -0.05) is 13.8 Å². The molecule has 1 aromatic heterocycles. The number of nitrogens with zero attached hydrogens (tertiary/aromatic N) is 2. The second kappa shape index (κ2) is 6.02. The van der Waals surface area contributed by atoms with Gasteiger partial charge in [0.05, 0.1) is 5.69 Å². The molecule has 3 nitrogen and oxygen atoms in total. The second-order valence-electron chi connectivity index (χ2n) is 6.11. The summed E-state index contributed by atoms with van der Waals surface area (Å²) in [6.45, 7) is 12.0. The molecule has 18 heavy (non-hydrogen) atoms. The number of rotatable bonds is 5. The first-order valence-electron chi connectivity index (χ1n) is 6.66. The highest BCUT2D eigenvalue weighted by molar-refractivity contribution is 7.15. The number of thiazole rings is 1. The Kier molecular flexibility index (Phi) is 5.17. The van der Waals surface area contributed by atoms with Crippen molar-refractivity contribution in [1.82, 2.24) is 10.3 Å². The lowest BCUT2D eigenvalue weighted by molar-refractivity contribution is 0.424. The van der Waals surface area contributed by atoms with Crippen molar-refractivity contribution < 1.29 is 0 Å². The Hall–Kier alpha value is -0.610. The first kappa shape index (κ1) is 15.4. The largest absolute Gasteiger partial charge is 0.354 e. The molecule has 0 radical (unpaired) electrons. The van der Waals surface area contributed by atoms with Crippen LogP contribution in [-0.2, 0) is 6.54 Å². The van der Waals surface area contributed by atoms with Crippen LogP contribution in [0.15, 0.2) is 0 Å². The van der Waals surface area contributed by atoms with Gasteiger partial charge in [-0.05, 0) is 33.1 Å². The topological polar surface area (TPSA) is 28.2 Å². The molecule has 0 saturated carbocycles. The Morgan fingerprint density at radius 1 is 1.33 bits per heavy atom. The second-order valence-corrected chi connectivity index (χ2v) is 7.17. The van der Waals surface area contributed by atoms with E-state index in [1.54, 1.807) is 11.3 Å². The zero-order chi connectivity index (χ0) is 13.9. The lowest BCUT2D eigenvalue weighted by atomic mass is 10.0. The molecule has 1 aromatic rings. The van der Waals surface area contributed by atoms with Crippen molar-refractivity contribution in [1.29, 1.82) is 0 Å². The van der Waals surface area contributed by atoms with Gasteiger partial charge in [0.15, 0.2) is 5.13 Å². The summed E-state index contributed by atoms with van der Waals surface area (Å²) >= 11 is 1.80. The Balaban J connectivity index is 2.93. The van der Waals surface area contributed by atoms with Crippen LogP contribution in [0, 0.1) is 0 Å². The third kappa shape index (κ3) is 4.25. The molecule has 4 heteroatoms. The molecule has 1 atom stereocenters. The number of aromatic nitrogens is 1. The molecular weight excluding hydrogens is 242 g/mol. The molecule has 0 fully saturated rings. The molecule has 1 N–H and O–H groups in total. The standard InChI is InChI=1S/C14H27N3S/c1-8-10(2)12-11(9-15-14(3,4)5)18-13(16-12)17(6)7/h10,15H,8-9H2,1-7H3. The SMILES string of the molecule is CCC(C)c1nc(N(C)C)sc1CNC(C)(C)C. The van der Waals surface area contributed by atoms with Gasteiger partial charge >= 0.3 is 0 Å². The highest BCUT2D eigenvalue weighted by atomic mass is 32.1. The monoisotopic (exact) mass is 269 g/mol. The Bertz CT molecular complexity index is 377. The fourth-order valence-corrected chi connectivity index (χ4v) is 2.64. The first-order chi connectivity index (χ1) is 8.24. The van der Waals surface area contributed by atoms with Crippen LogP contribution < -0.4 is 10.2 Å². The maximum atomic E-state index is 4.79. The highest BCUT2D eigenvalue weighted by Crippen LogP contribution is 2.31. The average molecular weight is 269 g/mol. The van der Waals surface area contributed by atoms with Crippen molar-refractivity contribution in [2.45, 2.75) is 59.0 Å². The molecule has 0 aliphatic rings. The van der Waals surface area contributed by atoms with E-state index in [2.05, 4.69) is 58.9 Å². The van der Waals surface area contributed by atoms with Crippen LogP contribution in [0.5, 0.6) is 0 Å². The zero-order valence-corrected chi connectivity index (χ0v) is 13.6. The molecule has 1 unspecified atom stereocenters. The summed E-state index contributed by atoms with van der Waals surface area (Å²) in [4.78, 5) is 8.26. The van der Waals surface area contributed by atoms with Crippen LogP contribution in [0.4, 0.5) is 5.13 Å². The molecule has 0 amide bonds. The predicted octanol–water partition coefficient (Wildman–Crippen LogP) is 3.61. The Morgan fingerprint density at radius 3 is 2.39 bits per heavy atom. The summed E-state index contributed by atoms with van der Waals surface area (Å²) in [5.74, 6) is 0.534. The van der Waals surface area contributed by atoms with Gasteiger partial charge < -0.3 is 10.2 Å². The lowest BCUT2D eigenvalue weighted by Gasteiger charge is -2.20. The Morgan fingerprint density at radius 2 is 1.94 bits per heavy atom. The molecule has 0 spiro atoms. The van der Waals surface area contributed by atoms with E-state index < -0.39 is 0 Å². The maximum Gasteiger partial charge on any atom is 0.185 e. The number of anilines is 1.